The third-order valence-corrected chi connectivity index (χ3v) is 2.21. The Morgan fingerprint density at radius 3 is 2.83 bits per heavy atom. The van der Waals surface area contributed by atoms with Gasteiger partial charge in [-0.15, -0.1) is 6.58 Å². The largest absolute Gasteiger partial charge is 0.380 e. The molecule has 0 aromatic carbocycles. The average molecular weight is 169 g/mol. The minimum atomic E-state index is 0.411. The number of allylic oxidation sites excluding steroid dienone is 1. The minimum absolute atomic E-state index is 0.411. The molecule has 1 fully saturated rings. The van der Waals surface area contributed by atoms with Gasteiger partial charge in [-0.05, 0) is 19.4 Å². The first kappa shape index (κ1) is 9.75. The van der Waals surface area contributed by atoms with Crippen LogP contribution in [-0.4, -0.2) is 26.3 Å². The molecule has 0 aromatic rings. The Balaban J connectivity index is 1.91. The molecule has 0 saturated carbocycles. The van der Waals surface area contributed by atoms with E-state index in [1.165, 1.54) is 6.42 Å². The Kier molecular flexibility index (Phi) is 3.76. The zero-order valence-corrected chi connectivity index (χ0v) is 7.94. The molecule has 0 radical (unpaired) electrons. The van der Waals surface area contributed by atoms with Crippen LogP contribution in [-0.2, 0) is 4.74 Å². The van der Waals surface area contributed by atoms with E-state index in [9.17, 15) is 0 Å². The van der Waals surface area contributed by atoms with Gasteiger partial charge < -0.3 is 10.1 Å². The van der Waals surface area contributed by atoms with Crippen LogP contribution in [0.5, 0.6) is 0 Å². The van der Waals surface area contributed by atoms with Gasteiger partial charge in [-0.1, -0.05) is 13.0 Å². The molecular formula is C10H19NO. The van der Waals surface area contributed by atoms with Crippen molar-refractivity contribution in [2.24, 2.45) is 5.41 Å². The smallest absolute Gasteiger partial charge is 0.0554 e. The van der Waals surface area contributed by atoms with E-state index < -0.39 is 0 Å². The molecule has 1 aliphatic rings. The molecule has 1 saturated heterocycles. The highest BCUT2D eigenvalue weighted by atomic mass is 16.5. The Labute approximate surface area is 75.0 Å². The maximum absolute atomic E-state index is 5.16. The third kappa shape index (κ3) is 2.95. The van der Waals surface area contributed by atoms with Gasteiger partial charge in [-0.3, -0.25) is 0 Å². The van der Waals surface area contributed by atoms with Gasteiger partial charge in [-0.2, -0.15) is 0 Å². The molecule has 0 atom stereocenters. The standard InChI is InChI=1S/C10H19NO/c1-3-4-5-6-11-7-10(2)8-12-9-10/h3,11H,1,4-9H2,2H3. The van der Waals surface area contributed by atoms with Gasteiger partial charge in [0.1, 0.15) is 0 Å². The summed E-state index contributed by atoms with van der Waals surface area (Å²) in [6.07, 6.45) is 4.27. The van der Waals surface area contributed by atoms with Gasteiger partial charge in [-0.25, -0.2) is 0 Å². The predicted octanol–water partition coefficient (Wildman–Crippen LogP) is 1.58. The molecule has 12 heavy (non-hydrogen) atoms. The highest BCUT2D eigenvalue weighted by Crippen LogP contribution is 2.24. The highest BCUT2D eigenvalue weighted by Gasteiger charge is 2.32. The predicted molar refractivity (Wildman–Crippen MR) is 51.2 cm³/mol. The van der Waals surface area contributed by atoms with Crippen LogP contribution in [0.1, 0.15) is 19.8 Å². The van der Waals surface area contributed by atoms with Gasteiger partial charge in [0.2, 0.25) is 0 Å². The topological polar surface area (TPSA) is 21.3 Å². The number of rotatable bonds is 6. The van der Waals surface area contributed by atoms with Crippen molar-refractivity contribution in [2.45, 2.75) is 19.8 Å². The molecule has 2 nitrogen and oxygen atoms in total. The monoisotopic (exact) mass is 169 g/mol. The van der Waals surface area contributed by atoms with Crippen LogP contribution in [0, 0.1) is 5.41 Å². The summed E-state index contributed by atoms with van der Waals surface area (Å²) < 4.78 is 5.16. The molecule has 0 spiro atoms. The van der Waals surface area contributed by atoms with E-state index in [1.807, 2.05) is 6.08 Å². The van der Waals surface area contributed by atoms with Gasteiger partial charge in [0.25, 0.3) is 0 Å². The van der Waals surface area contributed by atoms with Crippen molar-refractivity contribution < 1.29 is 4.74 Å². The molecule has 0 amide bonds. The molecule has 1 heterocycles. The van der Waals surface area contributed by atoms with Crippen LogP contribution < -0.4 is 5.32 Å². The number of hydrogen-bond donors (Lipinski definition) is 1. The fraction of sp³-hybridized carbons (Fsp3) is 0.800. The minimum Gasteiger partial charge on any atom is -0.380 e. The SMILES string of the molecule is C=CCCCNCC1(C)COC1. The second kappa shape index (κ2) is 4.63. The average Bonchev–Trinajstić information content (AvgIpc) is 2.01. The van der Waals surface area contributed by atoms with E-state index in [0.717, 1.165) is 32.7 Å². The van der Waals surface area contributed by atoms with E-state index in [1.54, 1.807) is 0 Å². The van der Waals surface area contributed by atoms with E-state index in [0.29, 0.717) is 5.41 Å². The Hall–Kier alpha value is -0.340. The van der Waals surface area contributed by atoms with Gasteiger partial charge in [0, 0.05) is 12.0 Å². The van der Waals surface area contributed by atoms with Crippen molar-refractivity contribution in [1.29, 1.82) is 0 Å². The second-order valence-electron chi connectivity index (χ2n) is 3.91. The summed E-state index contributed by atoms with van der Waals surface area (Å²) in [5.74, 6) is 0. The Morgan fingerprint density at radius 2 is 2.33 bits per heavy atom. The molecule has 70 valence electrons. The lowest BCUT2D eigenvalue weighted by Gasteiger charge is -2.38. The summed E-state index contributed by atoms with van der Waals surface area (Å²) in [4.78, 5) is 0. The van der Waals surface area contributed by atoms with Crippen molar-refractivity contribution in [3.05, 3.63) is 12.7 Å². The van der Waals surface area contributed by atoms with Gasteiger partial charge in [0.05, 0.1) is 13.2 Å². The third-order valence-electron chi connectivity index (χ3n) is 2.21. The fourth-order valence-corrected chi connectivity index (χ4v) is 1.31. The van der Waals surface area contributed by atoms with Crippen LogP contribution in [0.3, 0.4) is 0 Å². The van der Waals surface area contributed by atoms with Crippen LogP contribution in [0.4, 0.5) is 0 Å². The summed E-state index contributed by atoms with van der Waals surface area (Å²) >= 11 is 0. The van der Waals surface area contributed by atoms with Crippen LogP contribution in [0.25, 0.3) is 0 Å². The lowest BCUT2D eigenvalue weighted by Crippen LogP contribution is -2.47. The summed E-state index contributed by atoms with van der Waals surface area (Å²) in [6.45, 7) is 9.97. The molecule has 1 aliphatic heterocycles. The number of hydrogen-bond acceptors (Lipinski definition) is 2. The number of unbranched alkanes of at least 4 members (excludes halogenated alkanes) is 1. The van der Waals surface area contributed by atoms with E-state index >= 15 is 0 Å². The highest BCUT2D eigenvalue weighted by molar-refractivity contribution is 4.82. The summed E-state index contributed by atoms with van der Waals surface area (Å²) in [5, 5.41) is 3.43. The van der Waals surface area contributed by atoms with E-state index in [4.69, 9.17) is 4.74 Å². The lowest BCUT2D eigenvalue weighted by atomic mass is 9.89. The zero-order chi connectivity index (χ0) is 8.86. The van der Waals surface area contributed by atoms with Crippen LogP contribution >= 0.6 is 0 Å². The Bertz CT molecular complexity index is 141. The normalized spacial score (nSPS) is 20.1. The molecule has 2 heteroatoms. The van der Waals surface area contributed by atoms with E-state index in [-0.39, 0.29) is 0 Å². The summed E-state index contributed by atoms with van der Waals surface area (Å²) in [5.41, 5.74) is 0.411. The molecule has 0 aliphatic carbocycles. The molecule has 1 N–H and O–H groups in total. The van der Waals surface area contributed by atoms with Crippen molar-refractivity contribution in [3.8, 4) is 0 Å². The van der Waals surface area contributed by atoms with Crippen molar-refractivity contribution >= 4 is 0 Å². The van der Waals surface area contributed by atoms with Crippen LogP contribution in [0.2, 0.25) is 0 Å². The van der Waals surface area contributed by atoms with Crippen molar-refractivity contribution in [2.75, 3.05) is 26.3 Å². The number of ether oxygens (including phenoxy) is 1. The second-order valence-corrected chi connectivity index (χ2v) is 3.91. The molecule has 0 bridgehead atoms. The fourth-order valence-electron chi connectivity index (χ4n) is 1.31. The van der Waals surface area contributed by atoms with Crippen molar-refractivity contribution in [1.82, 2.24) is 5.32 Å². The van der Waals surface area contributed by atoms with E-state index in [2.05, 4.69) is 18.8 Å². The molecule has 0 aromatic heterocycles. The van der Waals surface area contributed by atoms with Gasteiger partial charge >= 0.3 is 0 Å². The molecular weight excluding hydrogens is 150 g/mol. The van der Waals surface area contributed by atoms with Crippen LogP contribution in [0.15, 0.2) is 12.7 Å². The Morgan fingerprint density at radius 1 is 1.58 bits per heavy atom. The maximum Gasteiger partial charge on any atom is 0.0554 e. The first-order chi connectivity index (χ1) is 5.77. The quantitative estimate of drug-likeness (QED) is 0.481. The summed E-state index contributed by atoms with van der Waals surface area (Å²) in [6, 6.07) is 0. The van der Waals surface area contributed by atoms with Gasteiger partial charge in [0.15, 0.2) is 0 Å². The molecule has 0 unspecified atom stereocenters. The van der Waals surface area contributed by atoms with Crippen molar-refractivity contribution in [3.63, 3.8) is 0 Å². The number of nitrogens with one attached hydrogen (secondary N) is 1. The summed E-state index contributed by atoms with van der Waals surface area (Å²) in [7, 11) is 0. The maximum atomic E-state index is 5.16. The lowest BCUT2D eigenvalue weighted by molar-refractivity contribution is -0.0989. The first-order valence-corrected chi connectivity index (χ1v) is 4.66. The zero-order valence-electron chi connectivity index (χ0n) is 7.94. The first-order valence-electron chi connectivity index (χ1n) is 4.66. The molecule has 1 rings (SSSR count).